The molecule has 5 rings (SSSR count). The molecule has 0 aliphatic carbocycles. The third-order valence-corrected chi connectivity index (χ3v) is 7.66. The van der Waals surface area contributed by atoms with Crippen LogP contribution < -0.4 is 0 Å². The molecule has 4 atom stereocenters. The summed E-state index contributed by atoms with van der Waals surface area (Å²) in [6.07, 6.45) is -4.04. The van der Waals surface area contributed by atoms with Crippen LogP contribution in [0.3, 0.4) is 0 Å². The maximum atomic E-state index is 13.4. The van der Waals surface area contributed by atoms with Gasteiger partial charge >= 0.3 is 23.9 Å². The largest absolute Gasteiger partial charge is 0.458 e. The van der Waals surface area contributed by atoms with E-state index in [-0.39, 0.29) is 23.3 Å². The van der Waals surface area contributed by atoms with Crippen molar-refractivity contribution in [2.24, 2.45) is 0 Å². The molecule has 10 heteroatoms. The number of benzene rings is 4. The molecule has 9 nitrogen and oxygen atoms in total. The summed E-state index contributed by atoms with van der Waals surface area (Å²) in [7, 11) is 0. The van der Waals surface area contributed by atoms with Crippen LogP contribution in [0, 0.1) is 0 Å². The Morgan fingerprint density at radius 2 is 0.977 bits per heavy atom. The highest BCUT2D eigenvalue weighted by atomic mass is 79.9. The first-order valence-electron chi connectivity index (χ1n) is 13.7. The van der Waals surface area contributed by atoms with E-state index in [1.54, 1.807) is 121 Å². The zero-order chi connectivity index (χ0) is 30.9. The molecule has 4 aromatic rings. The highest BCUT2D eigenvalue weighted by molar-refractivity contribution is 9.10. The SMILES string of the molecule is O=C(OC[C@@]1(Br)OC[C@@H](OC(=O)c2ccccc2)[C@@H](OC(=O)c2ccccc2)[C@@H]1OC(=O)c1ccccc1)c1ccccc1. The molecule has 224 valence electrons. The zero-order valence-corrected chi connectivity index (χ0v) is 24.8. The van der Waals surface area contributed by atoms with Crippen molar-refractivity contribution in [3.63, 3.8) is 0 Å². The van der Waals surface area contributed by atoms with Crippen molar-refractivity contribution < 1.29 is 42.9 Å². The molecule has 4 aromatic carbocycles. The van der Waals surface area contributed by atoms with E-state index < -0.39 is 53.3 Å². The second-order valence-corrected chi connectivity index (χ2v) is 11.1. The normalized spacial score (nSPS) is 21.0. The predicted octanol–water partition coefficient (Wildman–Crippen LogP) is 5.64. The Kier molecular flexibility index (Phi) is 9.83. The number of hydrogen-bond donors (Lipinski definition) is 0. The Hall–Kier alpha value is -4.80. The Morgan fingerprint density at radius 1 is 0.591 bits per heavy atom. The average molecular weight is 659 g/mol. The molecule has 0 aromatic heterocycles. The third kappa shape index (κ3) is 7.39. The van der Waals surface area contributed by atoms with Gasteiger partial charge in [0.15, 0.2) is 22.8 Å². The first kappa shape index (κ1) is 30.7. The van der Waals surface area contributed by atoms with Crippen LogP contribution in [0.2, 0.25) is 0 Å². The molecule has 0 unspecified atom stereocenters. The van der Waals surface area contributed by atoms with Gasteiger partial charge in [0.05, 0.1) is 28.9 Å². The van der Waals surface area contributed by atoms with E-state index in [1.165, 1.54) is 0 Å². The minimum atomic E-state index is -1.70. The molecule has 0 spiro atoms. The lowest BCUT2D eigenvalue weighted by molar-refractivity contribution is -0.208. The van der Waals surface area contributed by atoms with Crippen LogP contribution in [0.5, 0.6) is 0 Å². The van der Waals surface area contributed by atoms with Crippen LogP contribution >= 0.6 is 15.9 Å². The second-order valence-electron chi connectivity index (χ2n) is 9.78. The first-order chi connectivity index (χ1) is 21.3. The average Bonchev–Trinajstić information content (AvgIpc) is 3.08. The number of carbonyl (C=O) groups is 4. The summed E-state index contributed by atoms with van der Waals surface area (Å²) in [6.45, 7) is -0.745. The molecule has 44 heavy (non-hydrogen) atoms. The summed E-state index contributed by atoms with van der Waals surface area (Å²) in [4.78, 5) is 52.6. The summed E-state index contributed by atoms with van der Waals surface area (Å²) < 4.78 is 27.5. The van der Waals surface area contributed by atoms with Crippen LogP contribution in [0.1, 0.15) is 41.4 Å². The van der Waals surface area contributed by atoms with E-state index in [0.717, 1.165) is 0 Å². The van der Waals surface area contributed by atoms with Gasteiger partial charge in [-0.3, -0.25) is 0 Å². The molecule has 0 amide bonds. The molecule has 0 bridgehead atoms. The number of carbonyl (C=O) groups excluding carboxylic acids is 4. The van der Waals surface area contributed by atoms with E-state index in [0.29, 0.717) is 5.56 Å². The van der Waals surface area contributed by atoms with Gasteiger partial charge in [0.2, 0.25) is 0 Å². The standard InChI is InChI=1S/C34H27BrO9/c35-34(22-40-30(36)23-13-5-1-6-14-23)29(44-33(39)26-19-11-4-12-20-26)28(43-32(38)25-17-9-3-10-18-25)27(21-41-34)42-31(37)24-15-7-2-8-16-24/h1-20,27-29H,21-22H2/t27-,28-,29+,34-/m1/s1. The smallest absolute Gasteiger partial charge is 0.338 e. The van der Waals surface area contributed by atoms with Crippen molar-refractivity contribution in [2.45, 2.75) is 22.8 Å². The van der Waals surface area contributed by atoms with Crippen LogP contribution in [0.4, 0.5) is 0 Å². The van der Waals surface area contributed by atoms with Gasteiger partial charge in [0, 0.05) is 0 Å². The highest BCUT2D eigenvalue weighted by Crippen LogP contribution is 2.38. The topological polar surface area (TPSA) is 114 Å². The van der Waals surface area contributed by atoms with Gasteiger partial charge in [-0.05, 0) is 64.5 Å². The lowest BCUT2D eigenvalue weighted by atomic mass is 9.98. The Labute approximate surface area is 261 Å². The molecule has 1 aliphatic rings. The molecule has 1 fully saturated rings. The van der Waals surface area contributed by atoms with Gasteiger partial charge in [0.1, 0.15) is 6.61 Å². The van der Waals surface area contributed by atoms with E-state index in [9.17, 15) is 19.2 Å². The fraction of sp³-hybridized carbons (Fsp3) is 0.176. The van der Waals surface area contributed by atoms with Crippen LogP contribution in [0.25, 0.3) is 0 Å². The van der Waals surface area contributed by atoms with Gasteiger partial charge in [-0.1, -0.05) is 72.8 Å². The highest BCUT2D eigenvalue weighted by Gasteiger charge is 2.56. The van der Waals surface area contributed by atoms with Crippen molar-refractivity contribution in [2.75, 3.05) is 13.2 Å². The summed E-state index contributed by atoms with van der Waals surface area (Å²) >= 11 is 3.48. The van der Waals surface area contributed by atoms with Gasteiger partial charge in [-0.2, -0.15) is 0 Å². The molecule has 1 heterocycles. The lowest BCUT2D eigenvalue weighted by Gasteiger charge is -2.45. The van der Waals surface area contributed by atoms with Gasteiger partial charge < -0.3 is 23.7 Å². The third-order valence-electron chi connectivity index (χ3n) is 6.75. The molecule has 1 aliphatic heterocycles. The quantitative estimate of drug-likeness (QED) is 0.128. The maximum absolute atomic E-state index is 13.4. The number of rotatable bonds is 9. The summed E-state index contributed by atoms with van der Waals surface area (Å²) in [6, 6.07) is 32.9. The minimum Gasteiger partial charge on any atom is -0.458 e. The van der Waals surface area contributed by atoms with Crippen LogP contribution in [-0.4, -0.2) is 59.9 Å². The Morgan fingerprint density at radius 3 is 1.43 bits per heavy atom. The number of hydrogen-bond acceptors (Lipinski definition) is 9. The zero-order valence-electron chi connectivity index (χ0n) is 23.2. The van der Waals surface area contributed by atoms with E-state index in [1.807, 2.05) is 0 Å². The first-order valence-corrected chi connectivity index (χ1v) is 14.5. The monoisotopic (exact) mass is 658 g/mol. The predicted molar refractivity (Wildman–Crippen MR) is 161 cm³/mol. The number of halogens is 1. The van der Waals surface area contributed by atoms with Gasteiger partial charge in [-0.25, -0.2) is 19.2 Å². The number of esters is 4. The fourth-order valence-electron chi connectivity index (χ4n) is 4.48. The molecule has 1 saturated heterocycles. The van der Waals surface area contributed by atoms with Crippen molar-refractivity contribution in [1.29, 1.82) is 0 Å². The number of ether oxygens (including phenoxy) is 5. The summed E-state index contributed by atoms with van der Waals surface area (Å²) in [5, 5.41) is 0. The molecular formula is C34H27BrO9. The van der Waals surface area contributed by atoms with Gasteiger partial charge in [0.25, 0.3) is 0 Å². The van der Waals surface area contributed by atoms with Crippen LogP contribution in [-0.2, 0) is 23.7 Å². The fourth-order valence-corrected chi connectivity index (χ4v) is 5.08. The lowest BCUT2D eigenvalue weighted by Crippen LogP contribution is -2.63. The molecule has 0 N–H and O–H groups in total. The van der Waals surface area contributed by atoms with Crippen molar-refractivity contribution in [3.8, 4) is 0 Å². The van der Waals surface area contributed by atoms with E-state index >= 15 is 0 Å². The van der Waals surface area contributed by atoms with Crippen molar-refractivity contribution >= 4 is 39.8 Å². The minimum absolute atomic E-state index is 0.208. The Bertz CT molecular complexity index is 1580. The molecule has 0 saturated carbocycles. The summed E-state index contributed by atoms with van der Waals surface area (Å²) in [5.74, 6) is -2.88. The number of alkyl halides is 1. The maximum Gasteiger partial charge on any atom is 0.338 e. The van der Waals surface area contributed by atoms with Crippen molar-refractivity contribution in [3.05, 3.63) is 144 Å². The summed E-state index contributed by atoms with van der Waals surface area (Å²) in [5.41, 5.74) is 0.973. The van der Waals surface area contributed by atoms with Crippen molar-refractivity contribution in [1.82, 2.24) is 0 Å². The second kappa shape index (κ2) is 14.1. The molecule has 0 radical (unpaired) electrons. The van der Waals surface area contributed by atoms with Crippen LogP contribution in [0.15, 0.2) is 121 Å². The van der Waals surface area contributed by atoms with E-state index in [2.05, 4.69) is 15.9 Å². The van der Waals surface area contributed by atoms with E-state index in [4.69, 9.17) is 23.7 Å². The Balaban J connectivity index is 1.48. The molecular weight excluding hydrogens is 632 g/mol. The van der Waals surface area contributed by atoms with Gasteiger partial charge in [-0.15, -0.1) is 0 Å².